The summed E-state index contributed by atoms with van der Waals surface area (Å²) in [6.45, 7) is 2.73. The van der Waals surface area contributed by atoms with E-state index in [0.717, 1.165) is 18.7 Å². The van der Waals surface area contributed by atoms with E-state index in [1.54, 1.807) is 24.1 Å². The summed E-state index contributed by atoms with van der Waals surface area (Å²) in [6, 6.07) is 11.6. The van der Waals surface area contributed by atoms with Crippen LogP contribution in [0.5, 0.6) is 0 Å². The van der Waals surface area contributed by atoms with Gasteiger partial charge in [-0.2, -0.15) is 0 Å². The van der Waals surface area contributed by atoms with Gasteiger partial charge >= 0.3 is 0 Å². The van der Waals surface area contributed by atoms with Gasteiger partial charge in [-0.3, -0.25) is 4.79 Å². The molecular weight excluding hydrogens is 357 g/mol. The topological polar surface area (TPSA) is 36.4 Å². The summed E-state index contributed by atoms with van der Waals surface area (Å²) < 4.78 is 0. The first-order chi connectivity index (χ1) is 12.0. The molecule has 0 unspecified atom stereocenters. The molecule has 1 aromatic heterocycles. The van der Waals surface area contributed by atoms with Crippen molar-refractivity contribution >= 4 is 34.8 Å². The molecule has 6 heteroatoms. The van der Waals surface area contributed by atoms with Crippen LogP contribution in [0.2, 0.25) is 10.2 Å². The van der Waals surface area contributed by atoms with Crippen LogP contribution < -0.4 is 4.90 Å². The first-order valence-corrected chi connectivity index (χ1v) is 9.21. The van der Waals surface area contributed by atoms with E-state index >= 15 is 0 Å². The van der Waals surface area contributed by atoms with Gasteiger partial charge in [0.15, 0.2) is 0 Å². The van der Waals surface area contributed by atoms with Crippen molar-refractivity contribution in [3.8, 4) is 0 Å². The van der Waals surface area contributed by atoms with Gasteiger partial charge in [0.1, 0.15) is 10.8 Å². The minimum absolute atomic E-state index is 0.182. The predicted octanol–water partition coefficient (Wildman–Crippen LogP) is 4.65. The number of amides is 1. The third-order valence-corrected chi connectivity index (χ3v) is 4.95. The molecule has 0 spiro atoms. The molecule has 0 bridgehead atoms. The molecule has 4 nitrogen and oxygen atoms in total. The Labute approximate surface area is 158 Å². The molecular formula is C19H21Cl2N3O. The van der Waals surface area contributed by atoms with Gasteiger partial charge in [-0.1, -0.05) is 35.3 Å². The lowest BCUT2D eigenvalue weighted by atomic mass is 10.1. The lowest BCUT2D eigenvalue weighted by Crippen LogP contribution is -2.29. The van der Waals surface area contributed by atoms with E-state index in [2.05, 4.69) is 34.1 Å². The van der Waals surface area contributed by atoms with Crippen LogP contribution in [0.4, 0.5) is 5.69 Å². The van der Waals surface area contributed by atoms with E-state index in [-0.39, 0.29) is 16.8 Å². The predicted molar refractivity (Wildman–Crippen MR) is 103 cm³/mol. The van der Waals surface area contributed by atoms with Crippen LogP contribution in [-0.4, -0.2) is 35.9 Å². The number of pyridine rings is 1. The Morgan fingerprint density at radius 3 is 2.44 bits per heavy atom. The van der Waals surface area contributed by atoms with Gasteiger partial charge in [0.25, 0.3) is 5.91 Å². The van der Waals surface area contributed by atoms with Gasteiger partial charge < -0.3 is 9.80 Å². The minimum Gasteiger partial charge on any atom is -0.372 e. The highest BCUT2D eigenvalue weighted by Gasteiger charge is 2.18. The highest BCUT2D eigenvalue weighted by Crippen LogP contribution is 2.22. The van der Waals surface area contributed by atoms with E-state index in [9.17, 15) is 4.79 Å². The average Bonchev–Trinajstić information content (AvgIpc) is 2.64. The zero-order valence-electron chi connectivity index (χ0n) is 14.2. The third kappa shape index (κ3) is 4.44. The van der Waals surface area contributed by atoms with Crippen LogP contribution in [0.3, 0.4) is 0 Å². The number of nitrogens with zero attached hydrogens (tertiary/aromatic N) is 3. The maximum Gasteiger partial charge on any atom is 0.274 e. The number of aromatic nitrogens is 1. The van der Waals surface area contributed by atoms with Crippen molar-refractivity contribution in [2.45, 2.75) is 25.8 Å². The highest BCUT2D eigenvalue weighted by atomic mass is 35.5. The minimum atomic E-state index is -0.243. The van der Waals surface area contributed by atoms with Crippen LogP contribution >= 0.6 is 23.2 Å². The number of hydrogen-bond donors (Lipinski definition) is 0. The number of carbonyl (C=O) groups is 1. The highest BCUT2D eigenvalue weighted by molar-refractivity contribution is 6.34. The summed E-state index contributed by atoms with van der Waals surface area (Å²) >= 11 is 11.9. The SMILES string of the molecule is CN(Cc1ccc(N2CCCCC2)cc1)C(=O)c1nc(Cl)ccc1Cl. The van der Waals surface area contributed by atoms with Crippen LogP contribution in [0.1, 0.15) is 35.3 Å². The van der Waals surface area contributed by atoms with Crippen molar-refractivity contribution in [1.82, 2.24) is 9.88 Å². The zero-order chi connectivity index (χ0) is 17.8. The van der Waals surface area contributed by atoms with Crippen molar-refractivity contribution in [3.05, 3.63) is 57.8 Å². The molecule has 1 aromatic carbocycles. The van der Waals surface area contributed by atoms with Crippen LogP contribution in [0.15, 0.2) is 36.4 Å². The van der Waals surface area contributed by atoms with Gasteiger partial charge in [-0.25, -0.2) is 4.98 Å². The van der Waals surface area contributed by atoms with Gasteiger partial charge in [0, 0.05) is 32.4 Å². The van der Waals surface area contributed by atoms with E-state index in [4.69, 9.17) is 23.2 Å². The van der Waals surface area contributed by atoms with Crippen LogP contribution in [0, 0.1) is 0 Å². The molecule has 0 aliphatic carbocycles. The van der Waals surface area contributed by atoms with Crippen LogP contribution in [0.25, 0.3) is 0 Å². The Hall–Kier alpha value is -1.78. The Balaban J connectivity index is 1.67. The molecule has 1 aliphatic rings. The fourth-order valence-corrected chi connectivity index (χ4v) is 3.39. The fourth-order valence-electron chi connectivity index (χ4n) is 3.06. The molecule has 25 heavy (non-hydrogen) atoms. The van der Waals surface area contributed by atoms with Gasteiger partial charge in [0.05, 0.1) is 5.02 Å². The number of anilines is 1. The summed E-state index contributed by atoms with van der Waals surface area (Å²) in [5, 5.41) is 0.564. The summed E-state index contributed by atoms with van der Waals surface area (Å²) in [7, 11) is 1.74. The van der Waals surface area contributed by atoms with E-state index in [0.29, 0.717) is 11.6 Å². The lowest BCUT2D eigenvalue weighted by molar-refractivity contribution is 0.0779. The summed E-state index contributed by atoms with van der Waals surface area (Å²) in [5.74, 6) is -0.243. The number of carbonyl (C=O) groups excluding carboxylic acids is 1. The Morgan fingerprint density at radius 1 is 1.08 bits per heavy atom. The number of benzene rings is 1. The molecule has 2 heterocycles. The van der Waals surface area contributed by atoms with Crippen molar-refractivity contribution in [2.75, 3.05) is 25.0 Å². The zero-order valence-corrected chi connectivity index (χ0v) is 15.7. The first kappa shape index (κ1) is 18.0. The lowest BCUT2D eigenvalue weighted by Gasteiger charge is -2.29. The summed E-state index contributed by atoms with van der Waals surface area (Å²) in [4.78, 5) is 20.6. The molecule has 1 saturated heterocycles. The van der Waals surface area contributed by atoms with Gasteiger partial charge in [0.2, 0.25) is 0 Å². The number of halogens is 2. The molecule has 3 rings (SSSR count). The van der Waals surface area contributed by atoms with Crippen molar-refractivity contribution < 1.29 is 4.79 Å². The smallest absolute Gasteiger partial charge is 0.274 e. The number of hydrogen-bond acceptors (Lipinski definition) is 3. The molecule has 0 N–H and O–H groups in total. The van der Waals surface area contributed by atoms with Gasteiger partial charge in [-0.15, -0.1) is 0 Å². The van der Waals surface area contributed by atoms with E-state index < -0.39 is 0 Å². The van der Waals surface area contributed by atoms with E-state index in [1.165, 1.54) is 24.9 Å². The van der Waals surface area contributed by atoms with Crippen LogP contribution in [-0.2, 0) is 6.54 Å². The quantitative estimate of drug-likeness (QED) is 0.727. The molecule has 0 atom stereocenters. The monoisotopic (exact) mass is 377 g/mol. The molecule has 0 saturated carbocycles. The van der Waals surface area contributed by atoms with Crippen molar-refractivity contribution in [3.63, 3.8) is 0 Å². The Kier molecular flexibility index (Phi) is 5.82. The summed E-state index contributed by atoms with van der Waals surface area (Å²) in [6.07, 6.45) is 3.83. The van der Waals surface area contributed by atoms with Crippen molar-refractivity contribution in [1.29, 1.82) is 0 Å². The Bertz CT molecular complexity index is 743. The largest absolute Gasteiger partial charge is 0.372 e. The maximum atomic E-state index is 12.5. The standard InChI is InChI=1S/C19H21Cl2N3O/c1-23(19(25)18-16(20)9-10-17(21)22-18)13-14-5-7-15(8-6-14)24-11-3-2-4-12-24/h5-10H,2-4,11-13H2,1H3. The number of piperidine rings is 1. The molecule has 132 valence electrons. The molecule has 1 aliphatic heterocycles. The molecule has 1 amide bonds. The first-order valence-electron chi connectivity index (χ1n) is 8.46. The average molecular weight is 378 g/mol. The normalized spacial score (nSPS) is 14.4. The number of rotatable bonds is 4. The fraction of sp³-hybridized carbons (Fsp3) is 0.368. The molecule has 0 radical (unpaired) electrons. The second-order valence-corrected chi connectivity index (χ2v) is 7.13. The van der Waals surface area contributed by atoms with Crippen molar-refractivity contribution in [2.24, 2.45) is 0 Å². The van der Waals surface area contributed by atoms with E-state index in [1.807, 2.05) is 0 Å². The Morgan fingerprint density at radius 2 is 1.76 bits per heavy atom. The molecule has 2 aromatic rings. The summed E-state index contributed by atoms with van der Waals surface area (Å²) in [5.41, 5.74) is 2.49. The second kappa shape index (κ2) is 8.07. The maximum absolute atomic E-state index is 12.5. The molecule has 1 fully saturated rings. The third-order valence-electron chi connectivity index (χ3n) is 4.44. The van der Waals surface area contributed by atoms with Gasteiger partial charge in [-0.05, 0) is 49.1 Å². The second-order valence-electron chi connectivity index (χ2n) is 6.34.